The second kappa shape index (κ2) is 6.75. The smallest absolute Gasteiger partial charge is 0.210 e. The van der Waals surface area contributed by atoms with Gasteiger partial charge in [0, 0.05) is 6.54 Å². The van der Waals surface area contributed by atoms with Crippen molar-refractivity contribution in [1.82, 2.24) is 5.43 Å². The molecule has 4 N–H and O–H groups in total. The lowest BCUT2D eigenvalue weighted by atomic mass is 10.2. The molecule has 0 aliphatic rings. The van der Waals surface area contributed by atoms with Gasteiger partial charge in [-0.3, -0.25) is 10.4 Å². The van der Waals surface area contributed by atoms with E-state index in [4.69, 9.17) is 10.6 Å². The SMILES string of the molecule is COc1ccccc1NC(=NCC(C)C)NN. The number of hydrazine groups is 1. The summed E-state index contributed by atoms with van der Waals surface area (Å²) in [6.07, 6.45) is 0. The molecule has 0 radical (unpaired) electrons. The number of guanidine groups is 1. The molecule has 5 nitrogen and oxygen atoms in total. The highest BCUT2D eigenvalue weighted by atomic mass is 16.5. The van der Waals surface area contributed by atoms with E-state index in [9.17, 15) is 0 Å². The Morgan fingerprint density at radius 1 is 1.41 bits per heavy atom. The molecule has 0 aromatic heterocycles. The van der Waals surface area contributed by atoms with Gasteiger partial charge in [0.25, 0.3) is 0 Å². The number of methoxy groups -OCH3 is 1. The lowest BCUT2D eigenvalue weighted by molar-refractivity contribution is 0.417. The van der Waals surface area contributed by atoms with Crippen molar-refractivity contribution in [3.63, 3.8) is 0 Å². The first-order valence-electron chi connectivity index (χ1n) is 5.58. The third-order valence-electron chi connectivity index (χ3n) is 2.11. The first-order valence-corrected chi connectivity index (χ1v) is 5.58. The number of anilines is 1. The van der Waals surface area contributed by atoms with Crippen molar-refractivity contribution in [3.8, 4) is 5.75 Å². The molecular weight excluding hydrogens is 216 g/mol. The zero-order chi connectivity index (χ0) is 12.7. The minimum Gasteiger partial charge on any atom is -0.495 e. The highest BCUT2D eigenvalue weighted by Crippen LogP contribution is 2.22. The van der Waals surface area contributed by atoms with Crippen LogP contribution in [0.5, 0.6) is 5.75 Å². The number of aliphatic imine (C=N–C) groups is 1. The van der Waals surface area contributed by atoms with E-state index in [1.165, 1.54) is 0 Å². The van der Waals surface area contributed by atoms with E-state index in [1.807, 2.05) is 24.3 Å². The molecule has 1 rings (SSSR count). The van der Waals surface area contributed by atoms with Gasteiger partial charge in [-0.05, 0) is 18.1 Å². The zero-order valence-corrected chi connectivity index (χ0v) is 10.5. The Labute approximate surface area is 102 Å². The van der Waals surface area contributed by atoms with Crippen LogP contribution in [0.3, 0.4) is 0 Å². The summed E-state index contributed by atoms with van der Waals surface area (Å²) in [5.41, 5.74) is 3.37. The molecule has 0 spiro atoms. The van der Waals surface area contributed by atoms with Gasteiger partial charge in [-0.1, -0.05) is 26.0 Å². The largest absolute Gasteiger partial charge is 0.495 e. The van der Waals surface area contributed by atoms with Crippen LogP contribution in [-0.4, -0.2) is 19.6 Å². The summed E-state index contributed by atoms with van der Waals surface area (Å²) in [6, 6.07) is 7.60. The highest BCUT2D eigenvalue weighted by molar-refractivity contribution is 5.94. The van der Waals surface area contributed by atoms with Crippen LogP contribution in [0.15, 0.2) is 29.3 Å². The number of hydrogen-bond acceptors (Lipinski definition) is 3. The number of ether oxygens (including phenoxy) is 1. The van der Waals surface area contributed by atoms with Crippen molar-refractivity contribution in [2.45, 2.75) is 13.8 Å². The molecule has 5 heteroatoms. The summed E-state index contributed by atoms with van der Waals surface area (Å²) in [7, 11) is 1.63. The van der Waals surface area contributed by atoms with Crippen LogP contribution < -0.4 is 21.3 Å². The van der Waals surface area contributed by atoms with E-state index in [0.717, 1.165) is 11.4 Å². The van der Waals surface area contributed by atoms with E-state index in [0.29, 0.717) is 18.4 Å². The quantitative estimate of drug-likeness (QED) is 0.321. The fourth-order valence-electron chi connectivity index (χ4n) is 1.27. The monoisotopic (exact) mass is 236 g/mol. The second-order valence-electron chi connectivity index (χ2n) is 4.05. The predicted molar refractivity (Wildman–Crippen MR) is 71.1 cm³/mol. The molecule has 0 saturated heterocycles. The fourth-order valence-corrected chi connectivity index (χ4v) is 1.27. The van der Waals surface area contributed by atoms with Crippen LogP contribution in [0.25, 0.3) is 0 Å². The van der Waals surface area contributed by atoms with Gasteiger partial charge in [-0.15, -0.1) is 0 Å². The fraction of sp³-hybridized carbons (Fsp3) is 0.417. The molecule has 0 atom stereocenters. The third-order valence-corrected chi connectivity index (χ3v) is 2.11. The second-order valence-corrected chi connectivity index (χ2v) is 4.05. The maximum atomic E-state index is 5.41. The van der Waals surface area contributed by atoms with Gasteiger partial charge >= 0.3 is 0 Å². The van der Waals surface area contributed by atoms with Gasteiger partial charge in [-0.25, -0.2) is 5.84 Å². The van der Waals surface area contributed by atoms with Crippen LogP contribution in [0.4, 0.5) is 5.69 Å². The van der Waals surface area contributed by atoms with Gasteiger partial charge in [0.15, 0.2) is 0 Å². The van der Waals surface area contributed by atoms with Crippen molar-refractivity contribution in [2.24, 2.45) is 16.8 Å². The Balaban J connectivity index is 2.76. The number of para-hydroxylation sites is 2. The van der Waals surface area contributed by atoms with E-state index in [2.05, 4.69) is 29.6 Å². The van der Waals surface area contributed by atoms with Crippen LogP contribution >= 0.6 is 0 Å². The van der Waals surface area contributed by atoms with Crippen LogP contribution in [-0.2, 0) is 0 Å². The zero-order valence-electron chi connectivity index (χ0n) is 10.5. The Kier molecular flexibility index (Phi) is 5.29. The number of hydrogen-bond donors (Lipinski definition) is 3. The van der Waals surface area contributed by atoms with Crippen molar-refractivity contribution in [3.05, 3.63) is 24.3 Å². The van der Waals surface area contributed by atoms with Crippen LogP contribution in [0, 0.1) is 5.92 Å². The third kappa shape index (κ3) is 4.32. The molecule has 0 amide bonds. The van der Waals surface area contributed by atoms with Crippen molar-refractivity contribution in [1.29, 1.82) is 0 Å². The summed E-state index contributed by atoms with van der Waals surface area (Å²) < 4.78 is 5.23. The summed E-state index contributed by atoms with van der Waals surface area (Å²) in [5.74, 6) is 7.18. The lowest BCUT2D eigenvalue weighted by Gasteiger charge is -2.12. The summed E-state index contributed by atoms with van der Waals surface area (Å²) in [5, 5.41) is 3.09. The standard InChI is InChI=1S/C12H20N4O/c1-9(2)8-14-12(16-13)15-10-6-4-5-7-11(10)17-3/h4-7,9H,8,13H2,1-3H3,(H2,14,15,16). The topological polar surface area (TPSA) is 71.7 Å². The summed E-state index contributed by atoms with van der Waals surface area (Å²) in [4.78, 5) is 4.33. The van der Waals surface area contributed by atoms with Crippen molar-refractivity contribution < 1.29 is 4.74 Å². The summed E-state index contributed by atoms with van der Waals surface area (Å²) in [6.45, 7) is 4.91. The lowest BCUT2D eigenvalue weighted by Crippen LogP contribution is -2.36. The van der Waals surface area contributed by atoms with Crippen LogP contribution in [0.1, 0.15) is 13.8 Å². The maximum absolute atomic E-state index is 5.41. The molecule has 0 aliphatic heterocycles. The molecule has 0 unspecified atom stereocenters. The van der Waals surface area contributed by atoms with Crippen molar-refractivity contribution in [2.75, 3.05) is 19.0 Å². The molecular formula is C12H20N4O. The number of nitrogens with one attached hydrogen (secondary N) is 2. The first kappa shape index (κ1) is 13.3. The Morgan fingerprint density at radius 2 is 2.12 bits per heavy atom. The molecule has 1 aromatic carbocycles. The van der Waals surface area contributed by atoms with E-state index in [1.54, 1.807) is 7.11 Å². The summed E-state index contributed by atoms with van der Waals surface area (Å²) >= 11 is 0. The maximum Gasteiger partial charge on any atom is 0.210 e. The van der Waals surface area contributed by atoms with Gasteiger partial charge in [0.05, 0.1) is 12.8 Å². The number of nitrogens with two attached hydrogens (primary N) is 1. The van der Waals surface area contributed by atoms with Gasteiger partial charge in [0.1, 0.15) is 5.75 Å². The molecule has 0 aliphatic carbocycles. The average molecular weight is 236 g/mol. The predicted octanol–water partition coefficient (Wildman–Crippen LogP) is 1.58. The molecule has 1 aromatic rings. The van der Waals surface area contributed by atoms with Gasteiger partial charge < -0.3 is 10.1 Å². The Hall–Kier alpha value is -1.75. The van der Waals surface area contributed by atoms with Gasteiger partial charge in [-0.2, -0.15) is 0 Å². The number of nitrogens with zero attached hydrogens (tertiary/aromatic N) is 1. The molecule has 0 heterocycles. The minimum absolute atomic E-state index is 0.484. The molecule has 94 valence electrons. The van der Waals surface area contributed by atoms with Crippen LogP contribution in [0.2, 0.25) is 0 Å². The Bertz CT molecular complexity index is 377. The van der Waals surface area contributed by atoms with E-state index in [-0.39, 0.29) is 0 Å². The number of benzene rings is 1. The molecule has 0 fully saturated rings. The molecule has 0 bridgehead atoms. The number of rotatable bonds is 4. The molecule has 17 heavy (non-hydrogen) atoms. The normalized spacial score (nSPS) is 11.5. The minimum atomic E-state index is 0.484. The van der Waals surface area contributed by atoms with Gasteiger partial charge in [0.2, 0.25) is 5.96 Å². The highest BCUT2D eigenvalue weighted by Gasteiger charge is 2.04. The first-order chi connectivity index (χ1) is 8.17. The van der Waals surface area contributed by atoms with E-state index >= 15 is 0 Å². The molecule has 0 saturated carbocycles. The average Bonchev–Trinajstić information content (AvgIpc) is 2.34. The van der Waals surface area contributed by atoms with E-state index < -0.39 is 0 Å². The Morgan fingerprint density at radius 3 is 2.71 bits per heavy atom. The van der Waals surface area contributed by atoms with Crippen molar-refractivity contribution >= 4 is 11.6 Å².